The summed E-state index contributed by atoms with van der Waals surface area (Å²) in [5, 5.41) is 2.89. The second kappa shape index (κ2) is 6.35. The Hall–Kier alpha value is -2.43. The van der Waals surface area contributed by atoms with E-state index in [9.17, 15) is 4.79 Å². The van der Waals surface area contributed by atoms with Gasteiger partial charge >= 0.3 is 6.09 Å². The van der Waals surface area contributed by atoms with Crippen LogP contribution in [0.2, 0.25) is 0 Å². The predicted molar refractivity (Wildman–Crippen MR) is 80.4 cm³/mol. The van der Waals surface area contributed by atoms with Gasteiger partial charge in [-0.05, 0) is 30.5 Å². The van der Waals surface area contributed by atoms with Crippen molar-refractivity contribution in [2.75, 3.05) is 5.43 Å². The van der Waals surface area contributed by atoms with Gasteiger partial charge in [0, 0.05) is 24.5 Å². The average Bonchev–Trinajstić information content (AvgIpc) is 2.97. The van der Waals surface area contributed by atoms with Gasteiger partial charge < -0.3 is 15.5 Å². The molecule has 0 atom stereocenters. The van der Waals surface area contributed by atoms with E-state index in [-0.39, 0.29) is 12.1 Å². The Kier molecular flexibility index (Phi) is 4.09. The van der Waals surface area contributed by atoms with E-state index in [1.807, 2.05) is 59.5 Å². The van der Waals surface area contributed by atoms with E-state index in [4.69, 9.17) is 4.74 Å². The number of nitrogens with one attached hydrogen (secondary N) is 2. The van der Waals surface area contributed by atoms with Gasteiger partial charge in [0.2, 0.25) is 0 Å². The van der Waals surface area contributed by atoms with Gasteiger partial charge in [-0.1, -0.05) is 30.3 Å². The molecular formula is C16H19N3O2. The number of benzene rings is 1. The van der Waals surface area contributed by atoms with Crippen molar-refractivity contribution in [3.63, 3.8) is 0 Å². The first kappa shape index (κ1) is 13.5. The zero-order valence-electron chi connectivity index (χ0n) is 11.7. The fourth-order valence-corrected chi connectivity index (χ4v) is 2.40. The number of amides is 1. The van der Waals surface area contributed by atoms with E-state index < -0.39 is 0 Å². The van der Waals surface area contributed by atoms with E-state index in [0.29, 0.717) is 12.6 Å². The van der Waals surface area contributed by atoms with E-state index in [0.717, 1.165) is 18.4 Å². The van der Waals surface area contributed by atoms with Crippen LogP contribution in [-0.4, -0.2) is 22.9 Å². The Morgan fingerprint density at radius 1 is 1.10 bits per heavy atom. The fraction of sp³-hybridized carbons (Fsp3) is 0.312. The van der Waals surface area contributed by atoms with Crippen molar-refractivity contribution in [3.05, 3.63) is 60.4 Å². The van der Waals surface area contributed by atoms with Gasteiger partial charge in [0.15, 0.2) is 0 Å². The Balaban J connectivity index is 1.34. The third kappa shape index (κ3) is 3.78. The summed E-state index contributed by atoms with van der Waals surface area (Å²) in [4.78, 5) is 11.7. The zero-order valence-corrected chi connectivity index (χ0v) is 11.7. The van der Waals surface area contributed by atoms with Crippen LogP contribution >= 0.6 is 0 Å². The molecule has 0 spiro atoms. The standard InChI is InChI=1S/C16H19N3O2/c20-16(21-12-13-6-2-1-3-7-13)17-14-10-15(11-14)18-19-8-4-5-9-19/h1-9,14-15,18H,10-12H2,(H,17,20). The first-order valence-corrected chi connectivity index (χ1v) is 7.16. The van der Waals surface area contributed by atoms with Crippen LogP contribution in [0.3, 0.4) is 0 Å². The molecule has 5 heteroatoms. The lowest BCUT2D eigenvalue weighted by atomic mass is 9.87. The molecule has 1 aromatic carbocycles. The minimum Gasteiger partial charge on any atom is -0.445 e. The summed E-state index contributed by atoms with van der Waals surface area (Å²) in [7, 11) is 0. The highest BCUT2D eigenvalue weighted by Gasteiger charge is 2.30. The lowest BCUT2D eigenvalue weighted by Gasteiger charge is -2.36. The predicted octanol–water partition coefficient (Wildman–Crippen LogP) is 2.49. The van der Waals surface area contributed by atoms with Gasteiger partial charge in [-0.2, -0.15) is 0 Å². The van der Waals surface area contributed by atoms with Crippen molar-refractivity contribution < 1.29 is 9.53 Å². The first-order chi connectivity index (χ1) is 10.3. The molecule has 0 bridgehead atoms. The van der Waals surface area contributed by atoms with Gasteiger partial charge in [-0.15, -0.1) is 0 Å². The third-order valence-corrected chi connectivity index (χ3v) is 3.61. The van der Waals surface area contributed by atoms with E-state index >= 15 is 0 Å². The number of carbonyl (C=O) groups is 1. The van der Waals surface area contributed by atoms with Gasteiger partial charge in [-0.25, -0.2) is 4.79 Å². The Labute approximate surface area is 123 Å². The van der Waals surface area contributed by atoms with Crippen LogP contribution in [0.1, 0.15) is 18.4 Å². The molecular weight excluding hydrogens is 266 g/mol. The molecule has 1 aliphatic carbocycles. The smallest absolute Gasteiger partial charge is 0.407 e. The van der Waals surface area contributed by atoms with Gasteiger partial charge in [0.25, 0.3) is 0 Å². The molecule has 1 aliphatic rings. The summed E-state index contributed by atoms with van der Waals surface area (Å²) in [6.45, 7) is 0.310. The summed E-state index contributed by atoms with van der Waals surface area (Å²) in [5.41, 5.74) is 4.34. The maximum absolute atomic E-state index is 11.7. The number of hydrogen-bond acceptors (Lipinski definition) is 3. The van der Waals surface area contributed by atoms with Crippen molar-refractivity contribution in [3.8, 4) is 0 Å². The number of ether oxygens (including phenoxy) is 1. The van der Waals surface area contributed by atoms with Crippen LogP contribution in [0.15, 0.2) is 54.9 Å². The second-order valence-corrected chi connectivity index (χ2v) is 5.29. The zero-order chi connectivity index (χ0) is 14.5. The summed E-state index contributed by atoms with van der Waals surface area (Å²) < 4.78 is 7.14. The van der Waals surface area contributed by atoms with Crippen LogP contribution in [0.4, 0.5) is 4.79 Å². The largest absolute Gasteiger partial charge is 0.445 e. The van der Waals surface area contributed by atoms with Crippen molar-refractivity contribution in [1.82, 2.24) is 9.99 Å². The number of rotatable bonds is 5. The molecule has 0 radical (unpaired) electrons. The molecule has 1 heterocycles. The highest BCUT2D eigenvalue weighted by atomic mass is 16.5. The molecule has 3 rings (SSSR count). The second-order valence-electron chi connectivity index (χ2n) is 5.29. The molecule has 2 aromatic rings. The fourth-order valence-electron chi connectivity index (χ4n) is 2.40. The highest BCUT2D eigenvalue weighted by Crippen LogP contribution is 2.21. The SMILES string of the molecule is O=C(NC1CC(Nn2cccc2)C1)OCc1ccccc1. The molecule has 1 saturated carbocycles. The number of alkyl carbamates (subject to hydrolysis) is 1. The lowest BCUT2D eigenvalue weighted by molar-refractivity contribution is 0.128. The molecule has 1 fully saturated rings. The van der Waals surface area contributed by atoms with E-state index in [1.165, 1.54) is 0 Å². The van der Waals surface area contributed by atoms with E-state index in [1.54, 1.807) is 0 Å². The number of hydrogen-bond donors (Lipinski definition) is 2. The normalized spacial score (nSPS) is 20.4. The molecule has 0 saturated heterocycles. The summed E-state index contributed by atoms with van der Waals surface area (Å²) in [6.07, 6.45) is 5.42. The van der Waals surface area contributed by atoms with Crippen LogP contribution in [0.5, 0.6) is 0 Å². The molecule has 1 amide bonds. The molecule has 21 heavy (non-hydrogen) atoms. The monoisotopic (exact) mass is 285 g/mol. The molecule has 0 aliphatic heterocycles. The Bertz CT molecular complexity index is 562. The Morgan fingerprint density at radius 3 is 2.52 bits per heavy atom. The molecule has 0 unspecified atom stereocenters. The summed E-state index contributed by atoms with van der Waals surface area (Å²) in [6, 6.07) is 14.2. The third-order valence-electron chi connectivity index (χ3n) is 3.61. The van der Waals surface area contributed by atoms with Crippen LogP contribution in [0.25, 0.3) is 0 Å². The molecule has 110 valence electrons. The quantitative estimate of drug-likeness (QED) is 0.887. The number of nitrogens with zero attached hydrogens (tertiary/aromatic N) is 1. The van der Waals surface area contributed by atoms with Crippen LogP contribution in [-0.2, 0) is 11.3 Å². The van der Waals surface area contributed by atoms with Gasteiger partial charge in [0.05, 0.1) is 0 Å². The van der Waals surface area contributed by atoms with Gasteiger partial charge in [-0.3, -0.25) is 4.68 Å². The van der Waals surface area contributed by atoms with E-state index in [2.05, 4.69) is 10.7 Å². The average molecular weight is 285 g/mol. The van der Waals surface area contributed by atoms with Crippen molar-refractivity contribution >= 4 is 6.09 Å². The number of carbonyl (C=O) groups excluding carboxylic acids is 1. The molecule has 2 N–H and O–H groups in total. The lowest BCUT2D eigenvalue weighted by Crippen LogP contribution is -2.51. The molecule has 5 nitrogen and oxygen atoms in total. The minimum absolute atomic E-state index is 0.196. The topological polar surface area (TPSA) is 55.3 Å². The minimum atomic E-state index is -0.344. The Morgan fingerprint density at radius 2 is 1.81 bits per heavy atom. The van der Waals surface area contributed by atoms with Crippen molar-refractivity contribution in [1.29, 1.82) is 0 Å². The maximum atomic E-state index is 11.7. The number of aromatic nitrogens is 1. The first-order valence-electron chi connectivity index (χ1n) is 7.16. The van der Waals surface area contributed by atoms with Crippen LogP contribution < -0.4 is 10.7 Å². The van der Waals surface area contributed by atoms with Crippen molar-refractivity contribution in [2.24, 2.45) is 0 Å². The van der Waals surface area contributed by atoms with Crippen molar-refractivity contribution in [2.45, 2.75) is 31.5 Å². The molecule has 1 aromatic heterocycles. The maximum Gasteiger partial charge on any atom is 0.407 e. The highest BCUT2D eigenvalue weighted by molar-refractivity contribution is 5.67. The van der Waals surface area contributed by atoms with Crippen LogP contribution in [0, 0.1) is 0 Å². The van der Waals surface area contributed by atoms with Gasteiger partial charge in [0.1, 0.15) is 6.61 Å². The summed E-state index contributed by atoms with van der Waals surface area (Å²) >= 11 is 0. The summed E-state index contributed by atoms with van der Waals surface area (Å²) in [5.74, 6) is 0.